The maximum Gasteiger partial charge on any atom is 0.327 e. The number of piperidine rings is 1. The largest absolute Gasteiger partial charge is 0.442 e. The van der Waals surface area contributed by atoms with Crippen LogP contribution in [0.1, 0.15) is 54.3 Å². The molecule has 11 heteroatoms. The summed E-state index contributed by atoms with van der Waals surface area (Å²) < 4.78 is 5.02. The molecule has 2 heterocycles. The first-order valence-corrected chi connectivity index (χ1v) is 11.2. The lowest BCUT2D eigenvalue weighted by molar-refractivity contribution is -0.163. The zero-order chi connectivity index (χ0) is 25.0. The molecule has 1 fully saturated rings. The zero-order valence-corrected chi connectivity index (χ0v) is 19.4. The third-order valence-electron chi connectivity index (χ3n) is 6.12. The Labute approximate surface area is 197 Å². The van der Waals surface area contributed by atoms with E-state index >= 15 is 0 Å². The van der Waals surface area contributed by atoms with Crippen LogP contribution < -0.4 is 5.32 Å². The van der Waals surface area contributed by atoms with Crippen molar-refractivity contribution in [3.8, 4) is 0 Å². The van der Waals surface area contributed by atoms with Crippen molar-refractivity contribution in [2.45, 2.75) is 45.7 Å². The van der Waals surface area contributed by atoms with Gasteiger partial charge < -0.3 is 10.1 Å². The molecular formula is C23H28N4O7. The van der Waals surface area contributed by atoms with E-state index in [2.05, 4.69) is 5.32 Å². The molecule has 11 nitrogen and oxygen atoms in total. The van der Waals surface area contributed by atoms with Gasteiger partial charge in [-0.2, -0.15) is 0 Å². The lowest BCUT2D eigenvalue weighted by Gasteiger charge is -2.34. The number of likely N-dealkylation sites (tertiary alicyclic amines) is 1. The fraction of sp³-hybridized carbons (Fsp3) is 0.478. The fourth-order valence-electron chi connectivity index (χ4n) is 4.12. The second kappa shape index (κ2) is 10.6. The number of fused-ring (bicyclic) bond motifs is 1. The van der Waals surface area contributed by atoms with Crippen molar-refractivity contribution in [2.75, 3.05) is 26.4 Å². The van der Waals surface area contributed by atoms with Crippen molar-refractivity contribution in [2.24, 2.45) is 0 Å². The third-order valence-corrected chi connectivity index (χ3v) is 6.12. The van der Waals surface area contributed by atoms with Crippen molar-refractivity contribution in [1.82, 2.24) is 20.0 Å². The molecule has 2 atom stereocenters. The minimum atomic E-state index is -1.17. The van der Waals surface area contributed by atoms with Gasteiger partial charge in [-0.15, -0.1) is 0 Å². The van der Waals surface area contributed by atoms with Crippen molar-refractivity contribution in [3.05, 3.63) is 35.4 Å². The molecule has 0 saturated carbocycles. The van der Waals surface area contributed by atoms with Crippen LogP contribution in [0.2, 0.25) is 0 Å². The Kier molecular flexibility index (Phi) is 7.77. The Morgan fingerprint density at radius 2 is 1.68 bits per heavy atom. The van der Waals surface area contributed by atoms with Gasteiger partial charge in [0.2, 0.25) is 11.8 Å². The Morgan fingerprint density at radius 3 is 2.24 bits per heavy atom. The summed E-state index contributed by atoms with van der Waals surface area (Å²) in [5, 5.41) is 2.48. The van der Waals surface area contributed by atoms with Crippen LogP contribution >= 0.6 is 0 Å². The Balaban J connectivity index is 1.58. The molecule has 5 amide bonds. The highest BCUT2D eigenvalue weighted by Crippen LogP contribution is 2.28. The van der Waals surface area contributed by atoms with Crippen LogP contribution in [0.15, 0.2) is 24.3 Å². The van der Waals surface area contributed by atoms with E-state index in [9.17, 15) is 28.8 Å². The van der Waals surface area contributed by atoms with Crippen LogP contribution in [0.3, 0.4) is 0 Å². The molecule has 1 saturated heterocycles. The number of benzene rings is 1. The molecule has 2 aliphatic heterocycles. The van der Waals surface area contributed by atoms with E-state index in [-0.39, 0.29) is 29.9 Å². The molecule has 34 heavy (non-hydrogen) atoms. The van der Waals surface area contributed by atoms with Crippen molar-refractivity contribution in [1.29, 1.82) is 0 Å². The number of amides is 5. The normalized spacial score (nSPS) is 18.9. The number of nitrogens with one attached hydrogen (secondary N) is 1. The first-order valence-electron chi connectivity index (χ1n) is 11.2. The predicted molar refractivity (Wildman–Crippen MR) is 118 cm³/mol. The zero-order valence-electron chi connectivity index (χ0n) is 19.4. The van der Waals surface area contributed by atoms with Gasteiger partial charge in [0.1, 0.15) is 12.6 Å². The average molecular weight is 472 g/mol. The monoisotopic (exact) mass is 472 g/mol. The molecule has 2 aliphatic rings. The topological polar surface area (TPSA) is 133 Å². The second-order valence-corrected chi connectivity index (χ2v) is 8.00. The number of hydrogen-bond acceptors (Lipinski definition) is 8. The van der Waals surface area contributed by atoms with Crippen LogP contribution in [0, 0.1) is 0 Å². The van der Waals surface area contributed by atoms with Gasteiger partial charge in [-0.25, -0.2) is 4.90 Å². The van der Waals surface area contributed by atoms with Crippen LogP contribution in [0.25, 0.3) is 0 Å². The van der Waals surface area contributed by atoms with E-state index < -0.39 is 55.0 Å². The van der Waals surface area contributed by atoms with Crippen molar-refractivity contribution in [3.63, 3.8) is 0 Å². The van der Waals surface area contributed by atoms with Gasteiger partial charge in [0, 0.05) is 6.42 Å². The summed E-state index contributed by atoms with van der Waals surface area (Å²) in [6.45, 7) is 5.80. The maximum absolute atomic E-state index is 13.0. The van der Waals surface area contributed by atoms with Gasteiger partial charge in [-0.05, 0) is 38.6 Å². The molecule has 1 unspecified atom stereocenters. The summed E-state index contributed by atoms with van der Waals surface area (Å²) >= 11 is 0. The van der Waals surface area contributed by atoms with Gasteiger partial charge in [-0.3, -0.25) is 38.6 Å². The molecule has 0 aliphatic carbocycles. The summed E-state index contributed by atoms with van der Waals surface area (Å²) in [6.07, 6.45) is -0.105. The maximum atomic E-state index is 13.0. The Morgan fingerprint density at radius 1 is 1.09 bits per heavy atom. The standard InChI is InChI=1S/C23H28N4O7/c1-4-25(5-2)14(3)20(30)24-12-19(29)34-13-26-18(28)11-10-17(23(26)33)27-21(31)15-8-6-7-9-16(15)22(27)32/h6-9,14,17H,4-5,10-13H2,1-3H3,(H,24,30)/t14?,17-/m0/s1. The van der Waals surface area contributed by atoms with E-state index in [0.29, 0.717) is 13.1 Å². The lowest BCUT2D eigenvalue weighted by Crippen LogP contribution is -2.56. The molecule has 1 aromatic rings. The number of rotatable bonds is 9. The highest BCUT2D eigenvalue weighted by Gasteiger charge is 2.47. The van der Waals surface area contributed by atoms with Crippen LogP contribution in [0.5, 0.6) is 0 Å². The van der Waals surface area contributed by atoms with Gasteiger partial charge in [0.25, 0.3) is 17.7 Å². The Bertz CT molecular complexity index is 985. The molecule has 3 rings (SSSR count). The molecule has 1 N–H and O–H groups in total. The number of carbonyl (C=O) groups excluding carboxylic acids is 6. The number of carbonyl (C=O) groups is 6. The molecule has 0 bridgehead atoms. The summed E-state index contributed by atoms with van der Waals surface area (Å²) in [5.74, 6) is -3.76. The summed E-state index contributed by atoms with van der Waals surface area (Å²) in [4.78, 5) is 78.5. The number of imide groups is 2. The number of esters is 1. The average Bonchev–Trinajstić information content (AvgIpc) is 3.08. The molecule has 0 spiro atoms. The second-order valence-electron chi connectivity index (χ2n) is 8.00. The highest BCUT2D eigenvalue weighted by atomic mass is 16.5. The highest BCUT2D eigenvalue weighted by molar-refractivity contribution is 6.23. The van der Waals surface area contributed by atoms with Gasteiger partial charge in [-0.1, -0.05) is 26.0 Å². The van der Waals surface area contributed by atoms with Gasteiger partial charge >= 0.3 is 5.97 Å². The molecule has 182 valence electrons. The quantitative estimate of drug-likeness (QED) is 0.397. The van der Waals surface area contributed by atoms with Gasteiger partial charge in [0.15, 0.2) is 6.73 Å². The molecular weight excluding hydrogens is 444 g/mol. The summed E-state index contributed by atoms with van der Waals surface area (Å²) in [6, 6.07) is 4.64. The SMILES string of the molecule is CCN(CC)C(C)C(=O)NCC(=O)OCN1C(=O)CC[C@H](N2C(=O)c3ccccc3C2=O)C1=O. The minimum absolute atomic E-state index is 0.00706. The predicted octanol–water partition coefficient (Wildman–Crippen LogP) is 0.147. The lowest BCUT2D eigenvalue weighted by atomic mass is 10.0. The number of nitrogens with zero attached hydrogens (tertiary/aromatic N) is 3. The third kappa shape index (κ3) is 4.84. The number of likely N-dealkylation sites (N-methyl/N-ethyl adjacent to an activating group) is 1. The van der Waals surface area contributed by atoms with E-state index in [0.717, 1.165) is 9.80 Å². The van der Waals surface area contributed by atoms with E-state index in [1.165, 1.54) is 12.1 Å². The molecule has 0 aromatic heterocycles. The summed E-state index contributed by atoms with van der Waals surface area (Å²) in [5.41, 5.74) is 0.398. The van der Waals surface area contributed by atoms with Gasteiger partial charge in [0.05, 0.1) is 17.2 Å². The first kappa shape index (κ1) is 25.0. The van der Waals surface area contributed by atoms with Crippen LogP contribution in [-0.4, -0.2) is 88.7 Å². The van der Waals surface area contributed by atoms with E-state index in [1.807, 2.05) is 18.7 Å². The first-order chi connectivity index (χ1) is 16.2. The minimum Gasteiger partial charge on any atom is -0.442 e. The van der Waals surface area contributed by atoms with E-state index in [1.54, 1.807) is 19.1 Å². The number of hydrogen-bond donors (Lipinski definition) is 1. The fourth-order valence-corrected chi connectivity index (χ4v) is 4.12. The van der Waals surface area contributed by atoms with E-state index in [4.69, 9.17) is 4.74 Å². The van der Waals surface area contributed by atoms with Crippen LogP contribution in [-0.2, 0) is 23.9 Å². The van der Waals surface area contributed by atoms with Crippen LogP contribution in [0.4, 0.5) is 0 Å². The number of ether oxygens (including phenoxy) is 1. The Hall–Kier alpha value is -3.60. The smallest absolute Gasteiger partial charge is 0.327 e. The van der Waals surface area contributed by atoms with Crippen molar-refractivity contribution >= 4 is 35.5 Å². The summed E-state index contributed by atoms with van der Waals surface area (Å²) in [7, 11) is 0. The van der Waals surface area contributed by atoms with Crippen molar-refractivity contribution < 1.29 is 33.5 Å². The molecule has 1 aromatic carbocycles. The molecule has 0 radical (unpaired) electrons.